The van der Waals surface area contributed by atoms with Gasteiger partial charge in [-0.3, -0.25) is 9.88 Å². The molecule has 0 bridgehead atoms. The number of rotatable bonds is 7. The molecule has 0 aliphatic carbocycles. The topological polar surface area (TPSA) is 102 Å². The summed E-state index contributed by atoms with van der Waals surface area (Å²) in [7, 11) is 0. The first-order valence-electron chi connectivity index (χ1n) is 12.1. The predicted molar refractivity (Wildman–Crippen MR) is 141 cm³/mol. The van der Waals surface area contributed by atoms with Crippen molar-refractivity contribution in [2.24, 2.45) is 0 Å². The third-order valence-corrected chi connectivity index (χ3v) is 5.79. The van der Waals surface area contributed by atoms with Crippen LogP contribution in [0.25, 0.3) is 11.3 Å². The van der Waals surface area contributed by atoms with E-state index in [4.69, 9.17) is 9.47 Å². The molecule has 0 saturated carbocycles. The monoisotopic (exact) mass is 546 g/mol. The van der Waals surface area contributed by atoms with Crippen LogP contribution in [0, 0.1) is 0 Å². The highest BCUT2D eigenvalue weighted by Gasteiger charge is 2.40. The molecule has 4 rings (SSSR count). The zero-order chi connectivity index (χ0) is 27.7. The van der Waals surface area contributed by atoms with Crippen LogP contribution in [-0.2, 0) is 15.7 Å². The average molecular weight is 547 g/mol. The summed E-state index contributed by atoms with van der Waals surface area (Å²) in [5.74, 6) is 0.633. The molecule has 4 heterocycles. The first-order chi connectivity index (χ1) is 17.8. The quantitative estimate of drug-likeness (QED) is 0.369. The van der Waals surface area contributed by atoms with Gasteiger partial charge in [0.1, 0.15) is 24.2 Å². The van der Waals surface area contributed by atoms with Gasteiger partial charge in [0.05, 0.1) is 29.1 Å². The van der Waals surface area contributed by atoms with Gasteiger partial charge in [-0.15, -0.1) is 0 Å². The molecule has 1 amide bonds. The maximum Gasteiger partial charge on any atom is 0.433 e. The zero-order valence-electron chi connectivity index (χ0n) is 21.7. The Balaban J connectivity index is 0.00000420. The lowest BCUT2D eigenvalue weighted by Gasteiger charge is -2.31. The lowest BCUT2D eigenvalue weighted by molar-refractivity contribution is -0.141. The van der Waals surface area contributed by atoms with Gasteiger partial charge in [-0.25, -0.2) is 14.8 Å². The van der Waals surface area contributed by atoms with E-state index >= 15 is 0 Å². The van der Waals surface area contributed by atoms with E-state index in [1.807, 2.05) is 34.6 Å². The zero-order valence-corrected chi connectivity index (χ0v) is 21.7. The maximum absolute atomic E-state index is 13.0. The smallest absolute Gasteiger partial charge is 0.433 e. The molecule has 1 fully saturated rings. The predicted octanol–water partition coefficient (Wildman–Crippen LogP) is 6.29. The molecule has 3 atom stereocenters. The Morgan fingerprint density at radius 3 is 2.46 bits per heavy atom. The number of anilines is 2. The average Bonchev–Trinajstić information content (AvgIpc) is 3.24. The van der Waals surface area contributed by atoms with Gasteiger partial charge in [-0.05, 0) is 65.0 Å². The van der Waals surface area contributed by atoms with Gasteiger partial charge in [0.2, 0.25) is 5.95 Å². The minimum absolute atomic E-state index is 0. The van der Waals surface area contributed by atoms with E-state index in [0.29, 0.717) is 17.1 Å². The standard InChI is InChI=1S/C26H29F3N6O3.CH4/c1-15(18-10-9-17(13-31-18)19-7-6-8-21(33-19)26(27,28)29)32-23-30-12-11-22(34-23)35-20(14-37-24(35)36)16(2)38-25(3,4)5;/h6-13,15-16,20H,14H2,1-5H3,(H,30,32,34);1H4/t15-,16+,20+;/m0./s1. The van der Waals surface area contributed by atoms with Gasteiger partial charge in [-0.1, -0.05) is 13.5 Å². The molecule has 1 saturated heterocycles. The number of hydrogen-bond donors (Lipinski definition) is 1. The van der Waals surface area contributed by atoms with E-state index in [1.165, 1.54) is 29.4 Å². The van der Waals surface area contributed by atoms with E-state index in [9.17, 15) is 18.0 Å². The Morgan fingerprint density at radius 2 is 1.82 bits per heavy atom. The van der Waals surface area contributed by atoms with Crippen LogP contribution in [0.5, 0.6) is 0 Å². The van der Waals surface area contributed by atoms with E-state index in [1.54, 1.807) is 18.2 Å². The van der Waals surface area contributed by atoms with Crippen molar-refractivity contribution in [1.82, 2.24) is 19.9 Å². The second kappa shape index (κ2) is 11.5. The van der Waals surface area contributed by atoms with Crippen molar-refractivity contribution in [3.63, 3.8) is 0 Å². The van der Waals surface area contributed by atoms with Crippen molar-refractivity contribution >= 4 is 17.9 Å². The highest BCUT2D eigenvalue weighted by molar-refractivity contribution is 5.89. The van der Waals surface area contributed by atoms with Gasteiger partial charge >= 0.3 is 12.3 Å². The summed E-state index contributed by atoms with van der Waals surface area (Å²) in [6.07, 6.45) is -2.35. The van der Waals surface area contributed by atoms with Crippen LogP contribution in [0.2, 0.25) is 0 Å². The molecule has 0 aromatic carbocycles. The molecule has 1 aliphatic rings. The number of aromatic nitrogens is 4. The van der Waals surface area contributed by atoms with Gasteiger partial charge in [0, 0.05) is 18.0 Å². The fraction of sp³-hybridized carbons (Fsp3) is 0.444. The van der Waals surface area contributed by atoms with Crippen LogP contribution in [-0.4, -0.2) is 50.4 Å². The van der Waals surface area contributed by atoms with Crippen molar-refractivity contribution in [3.8, 4) is 11.3 Å². The lowest BCUT2D eigenvalue weighted by atomic mass is 10.1. The fourth-order valence-corrected chi connectivity index (χ4v) is 4.07. The van der Waals surface area contributed by atoms with Crippen molar-refractivity contribution in [2.45, 2.75) is 72.0 Å². The number of halogens is 3. The van der Waals surface area contributed by atoms with Crippen molar-refractivity contribution in [1.29, 1.82) is 0 Å². The van der Waals surface area contributed by atoms with E-state index in [0.717, 1.165) is 6.07 Å². The van der Waals surface area contributed by atoms with Crippen LogP contribution in [0.4, 0.5) is 29.7 Å². The Labute approximate surface area is 225 Å². The van der Waals surface area contributed by atoms with Crippen LogP contribution < -0.4 is 10.2 Å². The summed E-state index contributed by atoms with van der Waals surface area (Å²) in [4.78, 5) is 30.8. The largest absolute Gasteiger partial charge is 0.447 e. The second-order valence-electron chi connectivity index (χ2n) is 9.93. The van der Waals surface area contributed by atoms with Crippen LogP contribution in [0.1, 0.15) is 59.5 Å². The normalized spacial score (nSPS) is 17.3. The molecule has 9 nitrogen and oxygen atoms in total. The summed E-state index contributed by atoms with van der Waals surface area (Å²) < 4.78 is 50.3. The Morgan fingerprint density at radius 1 is 1.08 bits per heavy atom. The molecular weight excluding hydrogens is 513 g/mol. The fourth-order valence-electron chi connectivity index (χ4n) is 4.07. The van der Waals surface area contributed by atoms with Gasteiger partial charge in [0.15, 0.2) is 0 Å². The number of amides is 1. The number of hydrogen-bond acceptors (Lipinski definition) is 8. The van der Waals surface area contributed by atoms with E-state index in [-0.39, 0.29) is 43.9 Å². The summed E-state index contributed by atoms with van der Waals surface area (Å²) >= 11 is 0. The second-order valence-corrected chi connectivity index (χ2v) is 9.93. The molecule has 0 unspecified atom stereocenters. The van der Waals surface area contributed by atoms with Crippen molar-refractivity contribution in [3.05, 3.63) is 60.2 Å². The van der Waals surface area contributed by atoms with Crippen molar-refractivity contribution < 1.29 is 27.4 Å². The molecular formula is C27H33F3N6O3. The number of cyclic esters (lactones) is 1. The molecule has 210 valence electrons. The summed E-state index contributed by atoms with van der Waals surface area (Å²) in [5.41, 5.74) is -0.123. The van der Waals surface area contributed by atoms with Gasteiger partial charge in [0.25, 0.3) is 0 Å². The van der Waals surface area contributed by atoms with Crippen LogP contribution in [0.3, 0.4) is 0 Å². The minimum atomic E-state index is -4.53. The van der Waals surface area contributed by atoms with Crippen LogP contribution >= 0.6 is 0 Å². The summed E-state index contributed by atoms with van der Waals surface area (Å²) in [5, 5.41) is 3.15. The molecule has 1 N–H and O–H groups in total. The SMILES string of the molecule is C.C[C@H](Nc1nccc(N2C(=O)OC[C@@H]2[C@@H](C)OC(C)(C)C)n1)c1ccc(-c2cccc(C(F)(F)F)n2)cn1. The first kappa shape index (κ1) is 29.8. The summed E-state index contributed by atoms with van der Waals surface area (Å²) in [6.45, 7) is 9.73. The maximum atomic E-state index is 13.0. The highest BCUT2D eigenvalue weighted by Crippen LogP contribution is 2.30. The first-order valence-corrected chi connectivity index (χ1v) is 12.1. The number of nitrogens with zero attached hydrogens (tertiary/aromatic N) is 5. The Kier molecular flexibility index (Phi) is 8.79. The number of nitrogens with one attached hydrogen (secondary N) is 1. The number of alkyl halides is 3. The van der Waals surface area contributed by atoms with Crippen LogP contribution in [0.15, 0.2) is 48.8 Å². The molecule has 1 aliphatic heterocycles. The lowest BCUT2D eigenvalue weighted by Crippen LogP contribution is -2.45. The van der Waals surface area contributed by atoms with Gasteiger partial charge < -0.3 is 14.8 Å². The number of ether oxygens (including phenoxy) is 2. The molecule has 0 radical (unpaired) electrons. The highest BCUT2D eigenvalue weighted by atomic mass is 19.4. The third kappa shape index (κ3) is 7.20. The van der Waals surface area contributed by atoms with Gasteiger partial charge in [-0.2, -0.15) is 18.2 Å². The van der Waals surface area contributed by atoms with E-state index < -0.39 is 23.6 Å². The summed E-state index contributed by atoms with van der Waals surface area (Å²) in [6, 6.07) is 7.99. The van der Waals surface area contributed by atoms with E-state index in [2.05, 4.69) is 25.3 Å². The minimum Gasteiger partial charge on any atom is -0.447 e. The third-order valence-electron chi connectivity index (χ3n) is 5.79. The molecule has 3 aromatic rings. The molecule has 0 spiro atoms. The molecule has 39 heavy (non-hydrogen) atoms. The number of carbonyl (C=O) groups excluding carboxylic acids is 1. The number of pyridine rings is 2. The Bertz CT molecular complexity index is 1280. The molecule has 12 heteroatoms. The molecule has 3 aromatic heterocycles. The number of carbonyl (C=O) groups is 1. The Hall–Kier alpha value is -3.80. The van der Waals surface area contributed by atoms with Crippen molar-refractivity contribution in [2.75, 3.05) is 16.8 Å².